The van der Waals surface area contributed by atoms with Crippen LogP contribution in [-0.2, 0) is 4.79 Å². The van der Waals surface area contributed by atoms with Gasteiger partial charge in [-0.1, -0.05) is 11.6 Å². The second-order valence-electron chi connectivity index (χ2n) is 5.11. The number of carboxylic acids is 1. The van der Waals surface area contributed by atoms with Crippen LogP contribution in [0, 0.1) is 5.92 Å². The van der Waals surface area contributed by atoms with Crippen LogP contribution in [0.1, 0.15) is 25.7 Å². The van der Waals surface area contributed by atoms with Gasteiger partial charge in [-0.05, 0) is 59.8 Å². The van der Waals surface area contributed by atoms with Gasteiger partial charge in [0.05, 0.1) is 10.9 Å². The van der Waals surface area contributed by atoms with Gasteiger partial charge in [-0.25, -0.2) is 4.79 Å². The number of hydrogen-bond acceptors (Lipinski definition) is 2. The van der Waals surface area contributed by atoms with E-state index >= 15 is 0 Å². The van der Waals surface area contributed by atoms with E-state index in [1.807, 2.05) is 0 Å². The van der Waals surface area contributed by atoms with Crippen LogP contribution >= 0.6 is 27.5 Å². The van der Waals surface area contributed by atoms with Crippen LogP contribution in [0.25, 0.3) is 0 Å². The summed E-state index contributed by atoms with van der Waals surface area (Å²) < 4.78 is 0.766. The summed E-state index contributed by atoms with van der Waals surface area (Å²) in [6.07, 6.45) is 2.58. The summed E-state index contributed by atoms with van der Waals surface area (Å²) in [6.45, 7) is 0. The molecule has 1 aliphatic carbocycles. The van der Waals surface area contributed by atoms with Crippen molar-refractivity contribution >= 4 is 45.2 Å². The summed E-state index contributed by atoms with van der Waals surface area (Å²) in [5.41, 5.74) is 0.611. The van der Waals surface area contributed by atoms with E-state index < -0.39 is 5.97 Å². The number of carbonyl (C=O) groups excluding carboxylic acids is 1. The first-order valence-electron chi connectivity index (χ1n) is 6.71. The molecule has 0 bridgehead atoms. The lowest BCUT2D eigenvalue weighted by molar-refractivity contribution is -0.142. The van der Waals surface area contributed by atoms with Gasteiger partial charge in [0.1, 0.15) is 0 Å². The summed E-state index contributed by atoms with van der Waals surface area (Å²) in [4.78, 5) is 22.8. The first kappa shape index (κ1) is 16.1. The fourth-order valence-corrected chi connectivity index (χ4v) is 2.84. The summed E-state index contributed by atoms with van der Waals surface area (Å²) in [5.74, 6) is -1.03. The molecular formula is C14H16BrClN2O3. The minimum absolute atomic E-state index is 0.0199. The molecule has 0 aliphatic heterocycles. The number of anilines is 1. The van der Waals surface area contributed by atoms with Crippen LogP contribution in [0.15, 0.2) is 22.7 Å². The number of hydrogen-bond donors (Lipinski definition) is 3. The van der Waals surface area contributed by atoms with Gasteiger partial charge in [-0.15, -0.1) is 0 Å². The lowest BCUT2D eigenvalue weighted by Crippen LogP contribution is -2.40. The Balaban J connectivity index is 1.82. The molecule has 1 saturated carbocycles. The van der Waals surface area contributed by atoms with E-state index in [0.29, 0.717) is 36.4 Å². The first-order valence-corrected chi connectivity index (χ1v) is 7.88. The van der Waals surface area contributed by atoms with Gasteiger partial charge in [0.25, 0.3) is 0 Å². The highest BCUT2D eigenvalue weighted by molar-refractivity contribution is 9.10. The molecule has 2 rings (SSSR count). The van der Waals surface area contributed by atoms with Crippen molar-refractivity contribution in [1.82, 2.24) is 5.32 Å². The van der Waals surface area contributed by atoms with Crippen LogP contribution < -0.4 is 10.6 Å². The van der Waals surface area contributed by atoms with E-state index in [9.17, 15) is 9.59 Å². The number of benzene rings is 1. The quantitative estimate of drug-likeness (QED) is 0.750. The molecular weight excluding hydrogens is 360 g/mol. The van der Waals surface area contributed by atoms with E-state index in [2.05, 4.69) is 26.6 Å². The van der Waals surface area contributed by atoms with Crippen LogP contribution in [0.5, 0.6) is 0 Å². The minimum atomic E-state index is -0.748. The van der Waals surface area contributed by atoms with Crippen LogP contribution in [0.3, 0.4) is 0 Å². The lowest BCUT2D eigenvalue weighted by atomic mass is 9.86. The van der Waals surface area contributed by atoms with Gasteiger partial charge >= 0.3 is 12.0 Å². The number of amides is 2. The molecule has 2 amide bonds. The lowest BCUT2D eigenvalue weighted by Gasteiger charge is -2.26. The molecule has 0 unspecified atom stereocenters. The van der Waals surface area contributed by atoms with Crippen molar-refractivity contribution in [2.45, 2.75) is 31.7 Å². The van der Waals surface area contributed by atoms with Crippen molar-refractivity contribution in [2.75, 3.05) is 5.32 Å². The SMILES string of the molecule is O=C(Nc1ccc(Br)c(Cl)c1)NC1CCC(C(=O)O)CC1. The van der Waals surface area contributed by atoms with E-state index in [1.54, 1.807) is 18.2 Å². The second kappa shape index (κ2) is 7.13. The third-order valence-corrected chi connectivity index (χ3v) is 4.82. The Labute approximate surface area is 136 Å². The average molecular weight is 376 g/mol. The summed E-state index contributed by atoms with van der Waals surface area (Å²) in [6, 6.07) is 4.89. The number of nitrogens with one attached hydrogen (secondary N) is 2. The molecule has 5 nitrogen and oxygen atoms in total. The normalized spacial score (nSPS) is 21.6. The van der Waals surface area contributed by atoms with Gasteiger partial charge in [0.15, 0.2) is 0 Å². The monoisotopic (exact) mass is 374 g/mol. The van der Waals surface area contributed by atoms with E-state index in [1.165, 1.54) is 0 Å². The van der Waals surface area contributed by atoms with E-state index in [4.69, 9.17) is 16.7 Å². The molecule has 3 N–H and O–H groups in total. The molecule has 0 spiro atoms. The smallest absolute Gasteiger partial charge is 0.319 e. The number of carboxylic acid groups (broad SMARTS) is 1. The highest BCUT2D eigenvalue weighted by Crippen LogP contribution is 2.26. The van der Waals surface area contributed by atoms with Crippen molar-refractivity contribution in [3.63, 3.8) is 0 Å². The minimum Gasteiger partial charge on any atom is -0.481 e. The molecule has 0 atom stereocenters. The molecule has 0 heterocycles. The Morgan fingerprint density at radius 2 is 1.90 bits per heavy atom. The molecule has 1 aromatic carbocycles. The van der Waals surface area contributed by atoms with Crippen molar-refractivity contribution in [1.29, 1.82) is 0 Å². The molecule has 0 saturated heterocycles. The molecule has 0 aromatic heterocycles. The topological polar surface area (TPSA) is 78.4 Å². The molecule has 1 fully saturated rings. The standard InChI is InChI=1S/C14H16BrClN2O3/c15-11-6-5-10(7-12(11)16)18-14(21)17-9-3-1-8(2-4-9)13(19)20/h5-9H,1-4H2,(H,19,20)(H2,17,18,21). The number of rotatable bonds is 3. The van der Waals surface area contributed by atoms with Crippen LogP contribution in [-0.4, -0.2) is 23.1 Å². The van der Waals surface area contributed by atoms with Gasteiger partial charge < -0.3 is 15.7 Å². The molecule has 1 aromatic rings. The maximum Gasteiger partial charge on any atom is 0.319 e. The maximum absolute atomic E-state index is 11.9. The molecule has 21 heavy (non-hydrogen) atoms. The Morgan fingerprint density at radius 1 is 1.24 bits per heavy atom. The summed E-state index contributed by atoms with van der Waals surface area (Å²) in [7, 11) is 0. The third kappa shape index (κ3) is 4.61. The number of urea groups is 1. The third-order valence-electron chi connectivity index (χ3n) is 3.59. The molecule has 1 aliphatic rings. The predicted octanol–water partition coefficient (Wildman–Crippen LogP) is 3.87. The number of carbonyl (C=O) groups is 2. The summed E-state index contributed by atoms with van der Waals surface area (Å²) >= 11 is 9.24. The highest BCUT2D eigenvalue weighted by Gasteiger charge is 2.26. The molecule has 0 radical (unpaired) electrons. The zero-order chi connectivity index (χ0) is 15.4. The van der Waals surface area contributed by atoms with Gasteiger partial charge in [0.2, 0.25) is 0 Å². The Morgan fingerprint density at radius 3 is 2.48 bits per heavy atom. The number of aliphatic carboxylic acids is 1. The van der Waals surface area contributed by atoms with Gasteiger partial charge in [0, 0.05) is 16.2 Å². The van der Waals surface area contributed by atoms with Gasteiger partial charge in [-0.2, -0.15) is 0 Å². The number of halogens is 2. The maximum atomic E-state index is 11.9. The molecule has 7 heteroatoms. The largest absolute Gasteiger partial charge is 0.481 e. The highest BCUT2D eigenvalue weighted by atomic mass is 79.9. The van der Waals surface area contributed by atoms with Crippen molar-refractivity contribution < 1.29 is 14.7 Å². The Kier molecular flexibility index (Phi) is 5.47. The van der Waals surface area contributed by atoms with E-state index in [-0.39, 0.29) is 18.0 Å². The zero-order valence-electron chi connectivity index (χ0n) is 11.2. The second-order valence-corrected chi connectivity index (χ2v) is 6.38. The fourth-order valence-electron chi connectivity index (χ4n) is 2.41. The van der Waals surface area contributed by atoms with Crippen molar-refractivity contribution in [3.8, 4) is 0 Å². The fraction of sp³-hybridized carbons (Fsp3) is 0.429. The molecule has 114 valence electrons. The van der Waals surface area contributed by atoms with Crippen molar-refractivity contribution in [3.05, 3.63) is 27.7 Å². The zero-order valence-corrected chi connectivity index (χ0v) is 13.6. The van der Waals surface area contributed by atoms with Crippen molar-refractivity contribution in [2.24, 2.45) is 5.92 Å². The summed E-state index contributed by atoms with van der Waals surface area (Å²) in [5, 5.41) is 15.0. The Bertz CT molecular complexity index is 545. The predicted molar refractivity (Wildman–Crippen MR) is 84.7 cm³/mol. The van der Waals surface area contributed by atoms with Crippen LogP contribution in [0.2, 0.25) is 5.02 Å². The Hall–Kier alpha value is -1.27. The van der Waals surface area contributed by atoms with Gasteiger partial charge in [-0.3, -0.25) is 4.79 Å². The average Bonchev–Trinajstić information content (AvgIpc) is 2.43. The van der Waals surface area contributed by atoms with E-state index in [0.717, 1.165) is 4.47 Å². The first-order chi connectivity index (χ1) is 9.95. The van der Waals surface area contributed by atoms with Crippen LogP contribution in [0.4, 0.5) is 10.5 Å².